The van der Waals surface area contributed by atoms with E-state index >= 15 is 0 Å². The third-order valence-corrected chi connectivity index (χ3v) is 2.68. The zero-order chi connectivity index (χ0) is 10.8. The molecule has 1 aromatic carbocycles. The molecule has 80 valence electrons. The predicted octanol–water partition coefficient (Wildman–Crippen LogP) is 2.06. The van der Waals surface area contributed by atoms with Crippen LogP contribution in [0.3, 0.4) is 0 Å². The highest BCUT2D eigenvalue weighted by Crippen LogP contribution is 2.26. The Morgan fingerprint density at radius 1 is 1.47 bits per heavy atom. The van der Waals surface area contributed by atoms with Crippen molar-refractivity contribution in [1.29, 1.82) is 0 Å². The zero-order valence-electron chi connectivity index (χ0n) is 9.12. The minimum absolute atomic E-state index is 0.148. The standard InChI is InChI=1S/C12H15NO2/c1-3-6-13-8-9-7-10(15-2)4-5-11(9)12(13)14/h4-5,7H,3,6,8H2,1-2H3. The average molecular weight is 205 g/mol. The van der Waals surface area contributed by atoms with Gasteiger partial charge < -0.3 is 9.64 Å². The molecule has 0 saturated carbocycles. The molecule has 1 aliphatic rings. The summed E-state index contributed by atoms with van der Waals surface area (Å²) in [5.41, 5.74) is 1.90. The van der Waals surface area contributed by atoms with Gasteiger partial charge >= 0.3 is 0 Å². The van der Waals surface area contributed by atoms with Crippen LogP contribution in [0, 0.1) is 0 Å². The van der Waals surface area contributed by atoms with E-state index < -0.39 is 0 Å². The first kappa shape index (κ1) is 10.0. The van der Waals surface area contributed by atoms with E-state index in [0.717, 1.165) is 36.4 Å². The maximum Gasteiger partial charge on any atom is 0.254 e. The number of hydrogen-bond acceptors (Lipinski definition) is 2. The Morgan fingerprint density at radius 2 is 2.27 bits per heavy atom. The van der Waals surface area contributed by atoms with Crippen molar-refractivity contribution >= 4 is 5.91 Å². The molecule has 3 heteroatoms. The first-order chi connectivity index (χ1) is 7.26. The van der Waals surface area contributed by atoms with Gasteiger partial charge in [0, 0.05) is 18.7 Å². The Balaban J connectivity index is 2.28. The summed E-state index contributed by atoms with van der Waals surface area (Å²) in [7, 11) is 1.64. The van der Waals surface area contributed by atoms with Crippen molar-refractivity contribution in [3.05, 3.63) is 29.3 Å². The second-order valence-corrected chi connectivity index (χ2v) is 3.75. The third-order valence-electron chi connectivity index (χ3n) is 2.68. The summed E-state index contributed by atoms with van der Waals surface area (Å²) in [5, 5.41) is 0. The number of nitrogens with zero attached hydrogens (tertiary/aromatic N) is 1. The normalized spacial score (nSPS) is 14.3. The van der Waals surface area contributed by atoms with Gasteiger partial charge in [-0.25, -0.2) is 0 Å². The Kier molecular flexibility index (Phi) is 2.62. The van der Waals surface area contributed by atoms with Gasteiger partial charge in [-0.1, -0.05) is 6.92 Å². The van der Waals surface area contributed by atoms with Gasteiger partial charge in [0.25, 0.3) is 5.91 Å². The summed E-state index contributed by atoms with van der Waals surface area (Å²) in [6.07, 6.45) is 0.997. The summed E-state index contributed by atoms with van der Waals surface area (Å²) in [6.45, 7) is 3.63. The molecule has 0 aromatic heterocycles. The number of amides is 1. The fourth-order valence-electron chi connectivity index (χ4n) is 1.93. The molecule has 0 spiro atoms. The predicted molar refractivity (Wildman–Crippen MR) is 58.0 cm³/mol. The number of carbonyl (C=O) groups excluding carboxylic acids is 1. The minimum Gasteiger partial charge on any atom is -0.497 e. The molecule has 0 saturated heterocycles. The number of carbonyl (C=O) groups is 1. The van der Waals surface area contributed by atoms with Crippen LogP contribution < -0.4 is 4.74 Å². The van der Waals surface area contributed by atoms with Crippen LogP contribution in [0.5, 0.6) is 5.75 Å². The molecule has 0 fully saturated rings. The van der Waals surface area contributed by atoms with Crippen molar-refractivity contribution in [2.75, 3.05) is 13.7 Å². The number of benzene rings is 1. The monoisotopic (exact) mass is 205 g/mol. The summed E-state index contributed by atoms with van der Waals surface area (Å²) >= 11 is 0. The SMILES string of the molecule is CCCN1Cc2cc(OC)ccc2C1=O. The largest absolute Gasteiger partial charge is 0.497 e. The Morgan fingerprint density at radius 3 is 2.93 bits per heavy atom. The van der Waals surface area contributed by atoms with E-state index in [4.69, 9.17) is 4.74 Å². The number of methoxy groups -OCH3 is 1. The first-order valence-corrected chi connectivity index (χ1v) is 5.22. The van der Waals surface area contributed by atoms with Crippen LogP contribution in [0.1, 0.15) is 29.3 Å². The van der Waals surface area contributed by atoms with E-state index in [9.17, 15) is 4.79 Å². The van der Waals surface area contributed by atoms with Crippen molar-refractivity contribution in [2.45, 2.75) is 19.9 Å². The zero-order valence-corrected chi connectivity index (χ0v) is 9.12. The quantitative estimate of drug-likeness (QED) is 0.756. The molecule has 1 aliphatic heterocycles. The second kappa shape index (κ2) is 3.93. The lowest BCUT2D eigenvalue weighted by Crippen LogP contribution is -2.24. The summed E-state index contributed by atoms with van der Waals surface area (Å²) < 4.78 is 5.14. The van der Waals surface area contributed by atoms with E-state index in [0.29, 0.717) is 0 Å². The van der Waals surface area contributed by atoms with Crippen molar-refractivity contribution < 1.29 is 9.53 Å². The van der Waals surface area contributed by atoms with Crippen LogP contribution in [0.2, 0.25) is 0 Å². The number of hydrogen-bond donors (Lipinski definition) is 0. The molecule has 1 amide bonds. The maximum atomic E-state index is 11.9. The highest BCUT2D eigenvalue weighted by molar-refractivity contribution is 5.98. The molecule has 0 aliphatic carbocycles. The topological polar surface area (TPSA) is 29.5 Å². The van der Waals surface area contributed by atoms with Crippen molar-refractivity contribution in [1.82, 2.24) is 4.90 Å². The lowest BCUT2D eigenvalue weighted by atomic mass is 10.1. The molecule has 0 radical (unpaired) electrons. The van der Waals surface area contributed by atoms with Crippen molar-refractivity contribution in [3.63, 3.8) is 0 Å². The van der Waals surface area contributed by atoms with E-state index in [1.165, 1.54) is 0 Å². The van der Waals surface area contributed by atoms with Gasteiger partial charge in [0.2, 0.25) is 0 Å². The Bertz CT molecular complexity index is 387. The molecule has 1 aromatic rings. The number of fused-ring (bicyclic) bond motifs is 1. The third kappa shape index (κ3) is 1.69. The van der Waals surface area contributed by atoms with Gasteiger partial charge in [0.15, 0.2) is 0 Å². The van der Waals surface area contributed by atoms with Crippen molar-refractivity contribution in [2.24, 2.45) is 0 Å². The van der Waals surface area contributed by atoms with Gasteiger partial charge in [-0.15, -0.1) is 0 Å². The molecule has 2 rings (SSSR count). The maximum absolute atomic E-state index is 11.9. The van der Waals surface area contributed by atoms with Crippen molar-refractivity contribution in [3.8, 4) is 5.75 Å². The van der Waals surface area contributed by atoms with Crippen LogP contribution in [0.4, 0.5) is 0 Å². The van der Waals surface area contributed by atoms with E-state index in [1.54, 1.807) is 7.11 Å². The molecule has 0 atom stereocenters. The highest BCUT2D eigenvalue weighted by atomic mass is 16.5. The molecular formula is C12H15NO2. The molecular weight excluding hydrogens is 190 g/mol. The van der Waals surface area contributed by atoms with Gasteiger partial charge in [-0.05, 0) is 30.2 Å². The molecule has 15 heavy (non-hydrogen) atoms. The van der Waals surface area contributed by atoms with Crippen LogP contribution in [0.25, 0.3) is 0 Å². The second-order valence-electron chi connectivity index (χ2n) is 3.75. The molecule has 0 unspecified atom stereocenters. The molecule has 0 bridgehead atoms. The van der Waals surface area contributed by atoms with Crippen LogP contribution >= 0.6 is 0 Å². The van der Waals surface area contributed by atoms with Gasteiger partial charge in [-0.3, -0.25) is 4.79 Å². The van der Waals surface area contributed by atoms with Crippen LogP contribution in [-0.2, 0) is 6.54 Å². The van der Waals surface area contributed by atoms with Gasteiger partial charge in [0.05, 0.1) is 7.11 Å². The van der Waals surface area contributed by atoms with Gasteiger partial charge in [-0.2, -0.15) is 0 Å². The fourth-order valence-corrected chi connectivity index (χ4v) is 1.93. The molecule has 0 N–H and O–H groups in total. The summed E-state index contributed by atoms with van der Waals surface area (Å²) in [4.78, 5) is 13.8. The lowest BCUT2D eigenvalue weighted by molar-refractivity contribution is 0.0778. The Hall–Kier alpha value is -1.51. The molecule has 1 heterocycles. The van der Waals surface area contributed by atoms with Gasteiger partial charge in [0.1, 0.15) is 5.75 Å². The summed E-state index contributed by atoms with van der Waals surface area (Å²) in [5.74, 6) is 0.967. The van der Waals surface area contributed by atoms with E-state index in [1.807, 2.05) is 23.1 Å². The highest BCUT2D eigenvalue weighted by Gasteiger charge is 2.26. The van der Waals surface area contributed by atoms with Crippen LogP contribution in [-0.4, -0.2) is 24.5 Å². The first-order valence-electron chi connectivity index (χ1n) is 5.22. The number of rotatable bonds is 3. The number of ether oxygens (including phenoxy) is 1. The van der Waals surface area contributed by atoms with E-state index in [-0.39, 0.29) is 5.91 Å². The minimum atomic E-state index is 0.148. The van der Waals surface area contributed by atoms with Crippen LogP contribution in [0.15, 0.2) is 18.2 Å². The molecule has 3 nitrogen and oxygen atoms in total. The Labute approximate surface area is 89.7 Å². The smallest absolute Gasteiger partial charge is 0.254 e. The lowest BCUT2D eigenvalue weighted by Gasteiger charge is -2.13. The van der Waals surface area contributed by atoms with E-state index in [2.05, 4.69) is 6.92 Å². The summed E-state index contributed by atoms with van der Waals surface area (Å²) in [6, 6.07) is 5.64. The fraction of sp³-hybridized carbons (Fsp3) is 0.417. The average Bonchev–Trinajstić information content (AvgIpc) is 2.56.